The summed E-state index contributed by atoms with van der Waals surface area (Å²) in [5.74, 6) is -0.545. The number of amides is 1. The highest BCUT2D eigenvalue weighted by Gasteiger charge is 1.84. The Hall–Kier alpha value is -2.13. The molecule has 3 nitrogen and oxygen atoms in total. The van der Waals surface area contributed by atoms with Gasteiger partial charge in [0.25, 0.3) is 5.91 Å². The maximum Gasteiger partial charge on any atom is 0.267 e. The normalized spacial score (nSPS) is 11.6. The van der Waals surface area contributed by atoms with E-state index in [4.69, 9.17) is 5.21 Å². The largest absolute Gasteiger partial charge is 0.288 e. The number of allylic oxidation sites excluding steroid dienone is 4. The molecule has 16 heavy (non-hydrogen) atoms. The first-order chi connectivity index (χ1) is 7.83. The third kappa shape index (κ3) is 4.93. The average Bonchev–Trinajstić information content (AvgIpc) is 2.34. The van der Waals surface area contributed by atoms with Gasteiger partial charge in [-0.2, -0.15) is 0 Å². The molecule has 0 saturated carbocycles. The lowest BCUT2D eigenvalue weighted by molar-refractivity contribution is -0.124. The van der Waals surface area contributed by atoms with Crippen LogP contribution in [0.4, 0.5) is 0 Å². The molecule has 0 saturated heterocycles. The van der Waals surface area contributed by atoms with Gasteiger partial charge in [0.1, 0.15) is 0 Å². The molecule has 0 aromatic heterocycles. The molecule has 0 atom stereocenters. The summed E-state index contributed by atoms with van der Waals surface area (Å²) in [6, 6.07) is 9.89. The lowest BCUT2D eigenvalue weighted by Crippen LogP contribution is -2.14. The number of benzene rings is 1. The summed E-state index contributed by atoms with van der Waals surface area (Å²) in [7, 11) is 0. The van der Waals surface area contributed by atoms with Crippen molar-refractivity contribution < 1.29 is 10.0 Å². The molecule has 0 aliphatic rings. The van der Waals surface area contributed by atoms with Crippen molar-refractivity contribution in [1.29, 1.82) is 0 Å². The molecule has 0 unspecified atom stereocenters. The maximum atomic E-state index is 10.6. The molecule has 0 radical (unpaired) electrons. The second-order valence-electron chi connectivity index (χ2n) is 2.99. The Morgan fingerprint density at radius 3 is 2.44 bits per heavy atom. The Balaban J connectivity index is 2.40. The highest BCUT2D eigenvalue weighted by Crippen LogP contribution is 2.00. The first kappa shape index (κ1) is 11.9. The molecule has 0 aliphatic heterocycles. The van der Waals surface area contributed by atoms with Crippen LogP contribution in [-0.2, 0) is 4.79 Å². The molecule has 0 aliphatic carbocycles. The van der Waals surface area contributed by atoms with Crippen molar-refractivity contribution in [2.75, 3.05) is 0 Å². The predicted octanol–water partition coefficient (Wildman–Crippen LogP) is 2.32. The summed E-state index contributed by atoms with van der Waals surface area (Å²) in [6.45, 7) is 0. The Kier molecular flexibility index (Phi) is 5.37. The quantitative estimate of drug-likeness (QED) is 0.350. The van der Waals surface area contributed by atoms with Crippen molar-refractivity contribution in [3.8, 4) is 0 Å². The predicted molar refractivity (Wildman–Crippen MR) is 63.7 cm³/mol. The number of nitrogens with one attached hydrogen (secondary N) is 1. The molecule has 82 valence electrons. The highest BCUT2D eigenvalue weighted by atomic mass is 16.5. The molecule has 1 aromatic carbocycles. The zero-order chi connectivity index (χ0) is 11.6. The van der Waals surface area contributed by atoms with Crippen LogP contribution in [0.2, 0.25) is 0 Å². The third-order valence-corrected chi connectivity index (χ3v) is 1.78. The van der Waals surface area contributed by atoms with Crippen molar-refractivity contribution in [2.45, 2.75) is 0 Å². The monoisotopic (exact) mass is 215 g/mol. The van der Waals surface area contributed by atoms with E-state index in [9.17, 15) is 4.79 Å². The molecule has 1 amide bonds. The molecule has 0 bridgehead atoms. The molecule has 0 spiro atoms. The summed E-state index contributed by atoms with van der Waals surface area (Å²) in [6.07, 6.45) is 10.1. The van der Waals surface area contributed by atoms with E-state index in [-0.39, 0.29) is 0 Å². The molecule has 1 rings (SSSR count). The maximum absolute atomic E-state index is 10.6. The Labute approximate surface area is 94.4 Å². The van der Waals surface area contributed by atoms with Gasteiger partial charge < -0.3 is 0 Å². The first-order valence-corrected chi connectivity index (χ1v) is 4.83. The van der Waals surface area contributed by atoms with Gasteiger partial charge >= 0.3 is 0 Å². The van der Waals surface area contributed by atoms with E-state index >= 15 is 0 Å². The fraction of sp³-hybridized carbons (Fsp3) is 0. The Morgan fingerprint density at radius 2 is 1.75 bits per heavy atom. The van der Waals surface area contributed by atoms with Crippen LogP contribution in [-0.4, -0.2) is 11.1 Å². The van der Waals surface area contributed by atoms with Gasteiger partial charge in [-0.15, -0.1) is 0 Å². The molecule has 3 heteroatoms. The van der Waals surface area contributed by atoms with Crippen LogP contribution >= 0.6 is 0 Å². The number of hydroxylamine groups is 1. The summed E-state index contributed by atoms with van der Waals surface area (Å²) in [4.78, 5) is 10.6. The Bertz CT molecular complexity index is 405. The zero-order valence-electron chi connectivity index (χ0n) is 8.71. The van der Waals surface area contributed by atoms with Gasteiger partial charge in [0.2, 0.25) is 0 Å². The van der Waals surface area contributed by atoms with Crippen LogP contribution in [0.3, 0.4) is 0 Å². The van der Waals surface area contributed by atoms with Crippen LogP contribution in [0.15, 0.2) is 60.7 Å². The van der Waals surface area contributed by atoms with E-state index < -0.39 is 5.91 Å². The number of carbonyl (C=O) groups is 1. The van der Waals surface area contributed by atoms with Crippen molar-refractivity contribution in [3.63, 3.8) is 0 Å². The topological polar surface area (TPSA) is 49.3 Å². The number of hydrogen-bond donors (Lipinski definition) is 2. The van der Waals surface area contributed by atoms with Crippen LogP contribution in [0.5, 0.6) is 0 Å². The van der Waals surface area contributed by atoms with Crippen molar-refractivity contribution in [1.82, 2.24) is 5.48 Å². The van der Waals surface area contributed by atoms with E-state index in [1.807, 2.05) is 42.5 Å². The minimum absolute atomic E-state index is 0.545. The number of carbonyl (C=O) groups excluding carboxylic acids is 1. The van der Waals surface area contributed by atoms with Gasteiger partial charge in [0, 0.05) is 6.08 Å². The second-order valence-corrected chi connectivity index (χ2v) is 2.99. The fourth-order valence-corrected chi connectivity index (χ4v) is 1.04. The molecule has 0 fully saturated rings. The summed E-state index contributed by atoms with van der Waals surface area (Å²) in [5, 5.41) is 8.20. The standard InChI is InChI=1S/C13H13NO2/c15-13(14-16)11-7-2-1-4-8-12-9-5-3-6-10-12/h1-11,16H,(H,14,15). The van der Waals surface area contributed by atoms with Gasteiger partial charge in [-0.3, -0.25) is 10.0 Å². The molecule has 0 heterocycles. The van der Waals surface area contributed by atoms with E-state index in [2.05, 4.69) is 0 Å². The summed E-state index contributed by atoms with van der Waals surface area (Å²) < 4.78 is 0. The molecular formula is C13H13NO2. The van der Waals surface area contributed by atoms with E-state index in [1.165, 1.54) is 11.6 Å². The van der Waals surface area contributed by atoms with Gasteiger partial charge in [0.05, 0.1) is 0 Å². The smallest absolute Gasteiger partial charge is 0.267 e. The lowest BCUT2D eigenvalue weighted by Gasteiger charge is -1.88. The first-order valence-electron chi connectivity index (χ1n) is 4.83. The SMILES string of the molecule is O=C(C=CC=CC=Cc1ccccc1)NO. The average molecular weight is 215 g/mol. The van der Waals surface area contributed by atoms with Gasteiger partial charge in [-0.1, -0.05) is 60.7 Å². The number of rotatable bonds is 4. The van der Waals surface area contributed by atoms with Crippen LogP contribution in [0, 0.1) is 0 Å². The van der Waals surface area contributed by atoms with Crippen LogP contribution in [0.25, 0.3) is 6.08 Å². The van der Waals surface area contributed by atoms with Crippen LogP contribution in [0.1, 0.15) is 5.56 Å². The minimum Gasteiger partial charge on any atom is -0.288 e. The van der Waals surface area contributed by atoms with Crippen LogP contribution < -0.4 is 5.48 Å². The summed E-state index contributed by atoms with van der Waals surface area (Å²) >= 11 is 0. The molecule has 1 aromatic rings. The van der Waals surface area contributed by atoms with Gasteiger partial charge in [-0.25, -0.2) is 5.48 Å². The lowest BCUT2D eigenvalue weighted by atomic mass is 10.2. The van der Waals surface area contributed by atoms with E-state index in [1.54, 1.807) is 18.2 Å². The van der Waals surface area contributed by atoms with E-state index in [0.29, 0.717) is 0 Å². The minimum atomic E-state index is -0.545. The highest BCUT2D eigenvalue weighted by molar-refractivity contribution is 5.86. The van der Waals surface area contributed by atoms with Crippen molar-refractivity contribution in [3.05, 3.63) is 66.3 Å². The second kappa shape index (κ2) is 7.20. The zero-order valence-corrected chi connectivity index (χ0v) is 8.71. The Morgan fingerprint density at radius 1 is 1.06 bits per heavy atom. The third-order valence-electron chi connectivity index (χ3n) is 1.78. The van der Waals surface area contributed by atoms with Gasteiger partial charge in [-0.05, 0) is 5.56 Å². The summed E-state index contributed by atoms with van der Waals surface area (Å²) in [5.41, 5.74) is 2.62. The fourth-order valence-electron chi connectivity index (χ4n) is 1.04. The van der Waals surface area contributed by atoms with Gasteiger partial charge in [0.15, 0.2) is 0 Å². The van der Waals surface area contributed by atoms with Crippen molar-refractivity contribution in [2.24, 2.45) is 0 Å². The molecule has 2 N–H and O–H groups in total. The van der Waals surface area contributed by atoms with E-state index in [0.717, 1.165) is 5.56 Å². The molecular weight excluding hydrogens is 202 g/mol. The van der Waals surface area contributed by atoms with Crippen molar-refractivity contribution >= 4 is 12.0 Å². The number of hydrogen-bond acceptors (Lipinski definition) is 2.